The number of aromatic nitrogens is 4. The van der Waals surface area contributed by atoms with Gasteiger partial charge in [0.2, 0.25) is 5.95 Å². The van der Waals surface area contributed by atoms with Crippen LogP contribution in [0.25, 0.3) is 11.4 Å². The van der Waals surface area contributed by atoms with Crippen molar-refractivity contribution in [3.05, 3.63) is 76.1 Å². The number of ether oxygens (including phenoxy) is 1. The van der Waals surface area contributed by atoms with E-state index in [1.165, 1.54) is 12.1 Å². The minimum absolute atomic E-state index is 0.0174. The zero-order valence-electron chi connectivity index (χ0n) is 28.6. The Morgan fingerprint density at radius 2 is 1.72 bits per heavy atom. The van der Waals surface area contributed by atoms with Crippen molar-refractivity contribution < 1.29 is 27.5 Å². The van der Waals surface area contributed by atoms with Gasteiger partial charge in [0.05, 0.1) is 17.1 Å². The summed E-state index contributed by atoms with van der Waals surface area (Å²) in [6, 6.07) is 9.76. The number of nitrogens with zero attached hydrogens (tertiary/aromatic N) is 5. The molecular weight excluding hydrogens is 649 g/mol. The van der Waals surface area contributed by atoms with E-state index in [4.69, 9.17) is 4.98 Å². The average Bonchev–Trinajstić information content (AvgIpc) is 3.29. The first-order chi connectivity index (χ1) is 23.9. The second-order valence-corrected chi connectivity index (χ2v) is 12.8. The lowest BCUT2D eigenvalue weighted by atomic mass is 10.0. The molecule has 6 rings (SSSR count). The first-order valence-corrected chi connectivity index (χ1v) is 16.9. The summed E-state index contributed by atoms with van der Waals surface area (Å²) in [5.74, 6) is -1.37. The fourth-order valence-corrected chi connectivity index (χ4v) is 6.69. The predicted molar refractivity (Wildman–Crippen MR) is 184 cm³/mol. The summed E-state index contributed by atoms with van der Waals surface area (Å²) in [6.07, 6.45) is 1.57. The molecule has 0 unspecified atom stereocenters. The summed E-state index contributed by atoms with van der Waals surface area (Å²) in [5.41, 5.74) is 5.86. The molecule has 1 saturated heterocycles. The molecule has 14 heteroatoms. The molecule has 0 saturated carbocycles. The molecule has 3 heterocycles. The fourth-order valence-electron chi connectivity index (χ4n) is 6.69. The molecule has 2 aromatic heterocycles. The third kappa shape index (κ3) is 7.59. The van der Waals surface area contributed by atoms with Crippen molar-refractivity contribution in [2.75, 3.05) is 30.8 Å². The van der Waals surface area contributed by atoms with Gasteiger partial charge in [0.1, 0.15) is 0 Å². The molecule has 0 radical (unpaired) electrons. The fraction of sp³-hybridized carbons (Fsp3) is 0.417. The molecule has 1 fully saturated rings. The quantitative estimate of drug-likeness (QED) is 0.189. The topological polar surface area (TPSA) is 126 Å². The Morgan fingerprint density at radius 1 is 1.00 bits per heavy atom. The van der Waals surface area contributed by atoms with Crippen molar-refractivity contribution in [2.45, 2.75) is 71.2 Å². The maximum absolute atomic E-state index is 13.8. The van der Waals surface area contributed by atoms with Crippen LogP contribution >= 0.6 is 0 Å². The number of para-hydroxylation sites is 1. The molecule has 1 aliphatic carbocycles. The number of carbonyl (C=O) groups is 2. The molecule has 11 nitrogen and oxygen atoms in total. The van der Waals surface area contributed by atoms with Gasteiger partial charge in [0.15, 0.2) is 11.4 Å². The van der Waals surface area contributed by atoms with E-state index in [0.29, 0.717) is 29.9 Å². The number of piperidine rings is 1. The standard InChI is InChI=1S/C36H41F3N8O3/c1-5-21-9-7-10-22(6-2)29(21)43-34(49)31-26-12-8-11-24-20-40-35(44-30(24)32(26)47(4)45-31)42-27-14-13-23(19-28(27)50-36(37,38)39)33(48)41-25-15-17-46(3)18-16-25/h7,9-10,13-14,19-20,25H,5-6,8,11-12,15-18H2,1-4H3,(H,41,48)(H,43,49)(H,40,42,44). The number of anilines is 3. The van der Waals surface area contributed by atoms with Crippen molar-refractivity contribution >= 4 is 29.1 Å². The highest BCUT2D eigenvalue weighted by Crippen LogP contribution is 2.36. The van der Waals surface area contributed by atoms with Gasteiger partial charge in [-0.05, 0) is 100.0 Å². The van der Waals surface area contributed by atoms with E-state index in [9.17, 15) is 22.8 Å². The van der Waals surface area contributed by atoms with Crippen molar-refractivity contribution in [1.29, 1.82) is 0 Å². The van der Waals surface area contributed by atoms with E-state index < -0.39 is 18.0 Å². The highest BCUT2D eigenvalue weighted by atomic mass is 19.4. The Labute approximate surface area is 288 Å². The molecule has 2 amide bonds. The largest absolute Gasteiger partial charge is 0.573 e. The number of nitrogens with one attached hydrogen (secondary N) is 3. The molecular formula is C36H41F3N8O3. The molecule has 2 aliphatic rings. The molecule has 0 spiro atoms. The van der Waals surface area contributed by atoms with E-state index in [1.54, 1.807) is 17.9 Å². The lowest BCUT2D eigenvalue weighted by Crippen LogP contribution is -2.43. The van der Waals surface area contributed by atoms with E-state index in [2.05, 4.69) is 35.7 Å². The van der Waals surface area contributed by atoms with Gasteiger partial charge in [-0.1, -0.05) is 32.0 Å². The van der Waals surface area contributed by atoms with E-state index >= 15 is 0 Å². The number of aryl methyl sites for hydroxylation is 4. The highest BCUT2D eigenvalue weighted by Gasteiger charge is 2.33. The van der Waals surface area contributed by atoms with Crippen LogP contribution in [0.2, 0.25) is 0 Å². The number of fused-ring (bicyclic) bond motifs is 3. The van der Waals surface area contributed by atoms with Gasteiger partial charge >= 0.3 is 6.36 Å². The van der Waals surface area contributed by atoms with Crippen molar-refractivity contribution in [3.63, 3.8) is 0 Å². The first kappa shape index (κ1) is 34.9. The number of likely N-dealkylation sites (tertiary alicyclic amines) is 1. The minimum Gasteiger partial charge on any atom is -0.404 e. The van der Waals surface area contributed by atoms with Gasteiger partial charge in [-0.2, -0.15) is 5.10 Å². The molecule has 4 aromatic rings. The van der Waals surface area contributed by atoms with Crippen LogP contribution in [0, 0.1) is 0 Å². The van der Waals surface area contributed by atoms with Crippen molar-refractivity contribution in [2.24, 2.45) is 7.05 Å². The van der Waals surface area contributed by atoms with Crippen LogP contribution in [0.3, 0.4) is 0 Å². The second-order valence-electron chi connectivity index (χ2n) is 12.8. The summed E-state index contributed by atoms with van der Waals surface area (Å²) in [6.45, 7) is 5.72. The third-order valence-electron chi connectivity index (χ3n) is 9.33. The van der Waals surface area contributed by atoms with E-state index in [0.717, 1.165) is 79.2 Å². The number of halogens is 3. The van der Waals surface area contributed by atoms with E-state index in [1.807, 2.05) is 39.1 Å². The molecule has 3 N–H and O–H groups in total. The van der Waals surface area contributed by atoms with Crippen LogP contribution in [-0.4, -0.2) is 69.0 Å². The minimum atomic E-state index is -5.01. The van der Waals surface area contributed by atoms with Gasteiger partial charge in [0, 0.05) is 36.1 Å². The highest BCUT2D eigenvalue weighted by molar-refractivity contribution is 6.05. The van der Waals surface area contributed by atoms with Crippen LogP contribution in [-0.2, 0) is 32.7 Å². The Bertz CT molecular complexity index is 1880. The van der Waals surface area contributed by atoms with Gasteiger partial charge in [-0.3, -0.25) is 14.3 Å². The van der Waals surface area contributed by atoms with E-state index in [-0.39, 0.29) is 29.1 Å². The number of alkyl halides is 3. The zero-order chi connectivity index (χ0) is 35.6. The monoisotopic (exact) mass is 690 g/mol. The zero-order valence-corrected chi connectivity index (χ0v) is 28.6. The molecule has 0 bridgehead atoms. The normalized spacial score (nSPS) is 15.1. The number of hydrogen-bond acceptors (Lipinski definition) is 8. The van der Waals surface area contributed by atoms with Gasteiger partial charge in [-0.25, -0.2) is 9.97 Å². The van der Waals surface area contributed by atoms with Gasteiger partial charge in [0.25, 0.3) is 11.8 Å². The summed E-state index contributed by atoms with van der Waals surface area (Å²) in [4.78, 5) is 38.0. The second kappa shape index (κ2) is 14.5. The third-order valence-corrected chi connectivity index (χ3v) is 9.33. The smallest absolute Gasteiger partial charge is 0.404 e. The Morgan fingerprint density at radius 3 is 2.40 bits per heavy atom. The first-order valence-electron chi connectivity index (χ1n) is 16.9. The maximum atomic E-state index is 13.8. The maximum Gasteiger partial charge on any atom is 0.573 e. The van der Waals surface area contributed by atoms with Crippen LogP contribution in [0.1, 0.15) is 76.2 Å². The van der Waals surface area contributed by atoms with Crippen molar-refractivity contribution in [1.82, 2.24) is 30.0 Å². The molecule has 0 atom stereocenters. The van der Waals surface area contributed by atoms with Gasteiger partial charge in [-0.15, -0.1) is 13.2 Å². The number of carbonyl (C=O) groups excluding carboxylic acids is 2. The number of hydrogen-bond donors (Lipinski definition) is 3. The lowest BCUT2D eigenvalue weighted by molar-refractivity contribution is -0.274. The van der Waals surface area contributed by atoms with Crippen molar-refractivity contribution in [3.8, 4) is 17.1 Å². The van der Waals surface area contributed by atoms with Crippen LogP contribution in [0.4, 0.5) is 30.5 Å². The number of amides is 2. The summed E-state index contributed by atoms with van der Waals surface area (Å²) in [7, 11) is 3.74. The SMILES string of the molecule is CCc1cccc(CC)c1NC(=O)c1nn(C)c2c1CCCc1cnc(Nc3ccc(C(=O)NC4CCN(C)CC4)cc3OC(F)(F)F)nc1-2. The summed E-state index contributed by atoms with van der Waals surface area (Å²) >= 11 is 0. The Kier molecular flexibility index (Phi) is 10.1. The lowest BCUT2D eigenvalue weighted by Gasteiger charge is -2.29. The molecule has 1 aliphatic heterocycles. The molecule has 50 heavy (non-hydrogen) atoms. The predicted octanol–water partition coefficient (Wildman–Crippen LogP) is 6.21. The molecule has 264 valence electrons. The molecule has 2 aromatic carbocycles. The Hall–Kier alpha value is -4.98. The number of rotatable bonds is 9. The van der Waals surface area contributed by atoms with Crippen LogP contribution < -0.4 is 20.7 Å². The van der Waals surface area contributed by atoms with Crippen LogP contribution in [0.5, 0.6) is 5.75 Å². The summed E-state index contributed by atoms with van der Waals surface area (Å²) < 4.78 is 46.6. The Balaban J connectivity index is 1.29. The number of benzene rings is 2. The average molecular weight is 691 g/mol. The van der Waals surface area contributed by atoms with Crippen LogP contribution in [0.15, 0.2) is 42.6 Å². The van der Waals surface area contributed by atoms with Gasteiger partial charge < -0.3 is 25.6 Å². The summed E-state index contributed by atoms with van der Waals surface area (Å²) in [5, 5.41) is 13.5.